The van der Waals surface area contributed by atoms with Gasteiger partial charge >= 0.3 is 0 Å². The lowest BCUT2D eigenvalue weighted by Gasteiger charge is -2.25. The fraction of sp³-hybridized carbons (Fsp3) is 0.235. The average Bonchev–Trinajstić information content (AvgIpc) is 2.60. The number of hydrogen-bond donors (Lipinski definition) is 4. The normalized spacial score (nSPS) is 13.3. The van der Waals surface area contributed by atoms with E-state index in [-0.39, 0.29) is 12.4 Å². The van der Waals surface area contributed by atoms with Crippen LogP contribution in [0.1, 0.15) is 12.5 Å². The third kappa shape index (κ3) is 4.07. The van der Waals surface area contributed by atoms with Crippen molar-refractivity contribution in [2.45, 2.75) is 19.1 Å². The van der Waals surface area contributed by atoms with Gasteiger partial charge in [-0.25, -0.2) is 5.48 Å². The Hall–Kier alpha value is -2.41. The molecule has 6 nitrogen and oxygen atoms in total. The van der Waals surface area contributed by atoms with Crippen molar-refractivity contribution in [2.75, 3.05) is 6.61 Å². The summed E-state index contributed by atoms with van der Waals surface area (Å²) < 4.78 is 5.42. The summed E-state index contributed by atoms with van der Waals surface area (Å²) in [5.41, 5.74) is 2.74. The molecule has 23 heavy (non-hydrogen) atoms. The molecule has 0 aliphatic rings. The average molecular weight is 317 g/mol. The van der Waals surface area contributed by atoms with Gasteiger partial charge in [-0.2, -0.15) is 0 Å². The lowest BCUT2D eigenvalue weighted by molar-refractivity contribution is -0.161. The Morgan fingerprint density at radius 3 is 2.09 bits per heavy atom. The smallest absolute Gasteiger partial charge is 0.277 e. The molecule has 0 heterocycles. The molecule has 0 bridgehead atoms. The van der Waals surface area contributed by atoms with Gasteiger partial charge in [0.1, 0.15) is 5.75 Å². The number of aliphatic hydroxyl groups is 1. The molecule has 122 valence electrons. The van der Waals surface area contributed by atoms with E-state index in [2.05, 4.69) is 0 Å². The third-order valence-corrected chi connectivity index (χ3v) is 3.60. The molecule has 1 unspecified atom stereocenters. The van der Waals surface area contributed by atoms with E-state index in [1.165, 1.54) is 12.4 Å². The van der Waals surface area contributed by atoms with E-state index < -0.39 is 18.1 Å². The van der Waals surface area contributed by atoms with Crippen molar-refractivity contribution in [3.8, 4) is 16.9 Å². The van der Waals surface area contributed by atoms with Crippen LogP contribution in [0.4, 0.5) is 0 Å². The maximum atomic E-state index is 11.5. The number of amides is 1. The molecule has 0 aliphatic carbocycles. The Kier molecular flexibility index (Phi) is 5.33. The molecule has 4 N–H and O–H groups in total. The zero-order valence-electron chi connectivity index (χ0n) is 12.7. The predicted molar refractivity (Wildman–Crippen MR) is 83.8 cm³/mol. The molecule has 1 atom stereocenters. The number of hydrogen-bond acceptors (Lipinski definition) is 5. The number of nitrogens with one attached hydrogen (secondary N) is 1. The first-order chi connectivity index (χ1) is 11.0. The third-order valence-electron chi connectivity index (χ3n) is 3.60. The molecule has 2 aromatic carbocycles. The second kappa shape index (κ2) is 7.23. The molecule has 0 saturated heterocycles. The minimum atomic E-state index is -1.51. The van der Waals surface area contributed by atoms with Crippen LogP contribution in [-0.4, -0.2) is 33.5 Å². The van der Waals surface area contributed by atoms with Gasteiger partial charge in [0.2, 0.25) is 0 Å². The lowest BCUT2D eigenvalue weighted by Crippen LogP contribution is -2.48. The molecule has 0 aliphatic heterocycles. The topological polar surface area (TPSA) is 99.0 Å². The van der Waals surface area contributed by atoms with Crippen molar-refractivity contribution < 1.29 is 25.0 Å². The summed E-state index contributed by atoms with van der Waals surface area (Å²) in [6, 6.07) is 14.3. The number of benzene rings is 2. The maximum Gasteiger partial charge on any atom is 0.277 e. The van der Waals surface area contributed by atoms with Gasteiger partial charge in [0.15, 0.2) is 5.60 Å². The number of phenols is 1. The number of ether oxygens (including phenoxy) is 1. The van der Waals surface area contributed by atoms with Gasteiger partial charge in [-0.3, -0.25) is 10.0 Å². The first-order valence-electron chi connectivity index (χ1n) is 7.06. The molecule has 6 heteroatoms. The summed E-state index contributed by atoms with van der Waals surface area (Å²) in [6.07, 6.45) is 0. The molecule has 0 aromatic heterocycles. The van der Waals surface area contributed by atoms with Crippen LogP contribution in [0.15, 0.2) is 48.5 Å². The molecule has 0 fully saturated rings. The first-order valence-corrected chi connectivity index (χ1v) is 7.06. The summed E-state index contributed by atoms with van der Waals surface area (Å²) in [5, 5.41) is 27.2. The molecule has 2 rings (SSSR count). The van der Waals surface area contributed by atoms with E-state index in [9.17, 15) is 15.0 Å². The van der Waals surface area contributed by atoms with E-state index >= 15 is 0 Å². The van der Waals surface area contributed by atoms with Crippen LogP contribution in [0.25, 0.3) is 11.1 Å². The van der Waals surface area contributed by atoms with Crippen molar-refractivity contribution >= 4 is 5.91 Å². The van der Waals surface area contributed by atoms with Crippen molar-refractivity contribution in [2.24, 2.45) is 0 Å². The Balaban J connectivity index is 2.05. The van der Waals surface area contributed by atoms with Crippen LogP contribution in [0.3, 0.4) is 0 Å². The highest BCUT2D eigenvalue weighted by Gasteiger charge is 2.33. The minimum Gasteiger partial charge on any atom is -0.508 e. The van der Waals surface area contributed by atoms with Gasteiger partial charge in [-0.1, -0.05) is 36.4 Å². The number of carbonyl (C=O) groups is 1. The van der Waals surface area contributed by atoms with E-state index in [1.54, 1.807) is 12.1 Å². The highest BCUT2D eigenvalue weighted by molar-refractivity contribution is 5.83. The van der Waals surface area contributed by atoms with Crippen molar-refractivity contribution in [3.05, 3.63) is 54.1 Å². The second-order valence-electron chi connectivity index (χ2n) is 5.36. The molecule has 0 spiro atoms. The Labute approximate surface area is 133 Å². The number of aliphatic hydroxyl groups excluding tert-OH is 1. The first kappa shape index (κ1) is 17.0. The van der Waals surface area contributed by atoms with Crippen LogP contribution in [0.5, 0.6) is 5.75 Å². The molecular formula is C17H19NO5. The molecule has 0 radical (unpaired) electrons. The quantitative estimate of drug-likeness (QED) is 0.481. The number of aromatic hydroxyl groups is 1. The minimum absolute atomic E-state index is 0.111. The number of rotatable bonds is 6. The van der Waals surface area contributed by atoms with Gasteiger partial charge in [-0.15, -0.1) is 0 Å². The highest BCUT2D eigenvalue weighted by Crippen LogP contribution is 2.23. The summed E-state index contributed by atoms with van der Waals surface area (Å²) in [6.45, 7) is 0.953. The van der Waals surface area contributed by atoms with Crippen molar-refractivity contribution in [3.63, 3.8) is 0 Å². The molecule has 1 amide bonds. The molecule has 2 aromatic rings. The lowest BCUT2D eigenvalue weighted by atomic mass is 10.0. The zero-order valence-corrected chi connectivity index (χ0v) is 12.7. The van der Waals surface area contributed by atoms with Gasteiger partial charge in [0.25, 0.3) is 5.91 Å². The van der Waals surface area contributed by atoms with Crippen LogP contribution in [0.2, 0.25) is 0 Å². The van der Waals surface area contributed by atoms with Crippen molar-refractivity contribution in [1.29, 1.82) is 0 Å². The monoisotopic (exact) mass is 317 g/mol. The number of hydroxylamine groups is 1. The summed E-state index contributed by atoms with van der Waals surface area (Å²) in [5.74, 6) is -0.593. The summed E-state index contributed by atoms with van der Waals surface area (Å²) in [7, 11) is 0. The Morgan fingerprint density at radius 2 is 1.61 bits per heavy atom. The van der Waals surface area contributed by atoms with Gasteiger partial charge in [-0.05, 0) is 35.7 Å². The van der Waals surface area contributed by atoms with Gasteiger partial charge < -0.3 is 14.9 Å². The summed E-state index contributed by atoms with van der Waals surface area (Å²) in [4.78, 5) is 11.5. The number of carbonyl (C=O) groups excluding carboxylic acids is 1. The van der Waals surface area contributed by atoms with Gasteiger partial charge in [0.05, 0.1) is 13.2 Å². The van der Waals surface area contributed by atoms with Crippen LogP contribution in [-0.2, 0) is 16.1 Å². The Morgan fingerprint density at radius 1 is 1.09 bits per heavy atom. The predicted octanol–water partition coefficient (Wildman–Crippen LogP) is 1.83. The largest absolute Gasteiger partial charge is 0.508 e. The summed E-state index contributed by atoms with van der Waals surface area (Å²) >= 11 is 0. The van der Waals surface area contributed by atoms with Crippen LogP contribution >= 0.6 is 0 Å². The van der Waals surface area contributed by atoms with Crippen LogP contribution in [0, 0.1) is 0 Å². The van der Waals surface area contributed by atoms with Gasteiger partial charge in [0, 0.05) is 0 Å². The molecular weight excluding hydrogens is 298 g/mol. The molecule has 0 saturated carbocycles. The fourth-order valence-electron chi connectivity index (χ4n) is 1.99. The second-order valence-corrected chi connectivity index (χ2v) is 5.36. The standard InChI is InChI=1S/C17H19NO5/c1-17(11-19,16(21)18-22)23-10-12-2-4-13(5-3-12)14-6-8-15(20)9-7-14/h2-9,19-20,22H,10-11H2,1H3,(H,18,21). The number of phenolic OH excluding ortho intramolecular Hbond substituents is 1. The van der Waals surface area contributed by atoms with E-state index in [1.807, 2.05) is 36.4 Å². The SMILES string of the molecule is CC(CO)(OCc1ccc(-c2ccc(O)cc2)cc1)C(=O)NO. The van der Waals surface area contributed by atoms with E-state index in [0.29, 0.717) is 0 Å². The Bertz CT molecular complexity index is 654. The van der Waals surface area contributed by atoms with E-state index in [4.69, 9.17) is 9.94 Å². The van der Waals surface area contributed by atoms with Crippen molar-refractivity contribution in [1.82, 2.24) is 5.48 Å². The fourth-order valence-corrected chi connectivity index (χ4v) is 1.99. The van der Waals surface area contributed by atoms with Crippen LogP contribution < -0.4 is 5.48 Å². The highest BCUT2D eigenvalue weighted by atomic mass is 16.5. The zero-order chi connectivity index (χ0) is 16.9. The maximum absolute atomic E-state index is 11.5. The van der Waals surface area contributed by atoms with E-state index in [0.717, 1.165) is 16.7 Å².